The predicted octanol–water partition coefficient (Wildman–Crippen LogP) is 3.08. The fraction of sp³-hybridized carbons (Fsp3) is 0.467. The van der Waals surface area contributed by atoms with Crippen molar-refractivity contribution < 1.29 is 4.74 Å². The van der Waals surface area contributed by atoms with E-state index in [1.165, 1.54) is 5.56 Å². The Hall–Kier alpha value is -1.84. The van der Waals surface area contributed by atoms with E-state index in [2.05, 4.69) is 36.9 Å². The van der Waals surface area contributed by atoms with Crippen LogP contribution in [0.1, 0.15) is 32.2 Å². The summed E-state index contributed by atoms with van der Waals surface area (Å²) in [7, 11) is 0. The van der Waals surface area contributed by atoms with Gasteiger partial charge < -0.3 is 4.74 Å². The van der Waals surface area contributed by atoms with Crippen molar-refractivity contribution in [2.24, 2.45) is 5.92 Å². The minimum atomic E-state index is 0.462. The number of aromatic nitrogens is 3. The van der Waals surface area contributed by atoms with Crippen LogP contribution in [0.15, 0.2) is 30.6 Å². The Labute approximate surface area is 114 Å². The average molecular weight is 259 g/mol. The van der Waals surface area contributed by atoms with Gasteiger partial charge in [0.15, 0.2) is 5.82 Å². The molecular formula is C15H21N3O. The highest BCUT2D eigenvalue weighted by Gasteiger charge is 2.08. The minimum absolute atomic E-state index is 0.462. The van der Waals surface area contributed by atoms with Gasteiger partial charge in [0, 0.05) is 6.54 Å². The summed E-state index contributed by atoms with van der Waals surface area (Å²) >= 11 is 0. The molecule has 0 saturated heterocycles. The van der Waals surface area contributed by atoms with E-state index in [9.17, 15) is 0 Å². The molecule has 0 aliphatic carbocycles. The minimum Gasteiger partial charge on any atom is -0.485 e. The molecule has 0 amide bonds. The molecule has 0 bridgehead atoms. The van der Waals surface area contributed by atoms with Crippen molar-refractivity contribution in [2.75, 3.05) is 0 Å². The fourth-order valence-electron chi connectivity index (χ4n) is 1.98. The van der Waals surface area contributed by atoms with E-state index in [1.807, 2.05) is 22.9 Å². The number of hydrogen-bond donors (Lipinski definition) is 0. The van der Waals surface area contributed by atoms with Crippen molar-refractivity contribution in [3.8, 4) is 5.75 Å². The molecule has 1 aromatic carbocycles. The Balaban J connectivity index is 2.04. The molecule has 2 rings (SSSR count). The van der Waals surface area contributed by atoms with Crippen LogP contribution in [0.2, 0.25) is 0 Å². The second-order valence-corrected chi connectivity index (χ2v) is 5.00. The zero-order valence-electron chi connectivity index (χ0n) is 11.8. The summed E-state index contributed by atoms with van der Waals surface area (Å²) in [6.45, 7) is 7.79. The normalized spacial score (nSPS) is 10.9. The molecule has 0 aliphatic rings. The zero-order valence-corrected chi connectivity index (χ0v) is 11.8. The van der Waals surface area contributed by atoms with Gasteiger partial charge in [-0.2, -0.15) is 5.10 Å². The van der Waals surface area contributed by atoms with Crippen molar-refractivity contribution in [1.29, 1.82) is 0 Å². The number of para-hydroxylation sites is 1. The summed E-state index contributed by atoms with van der Waals surface area (Å²) < 4.78 is 7.79. The SMILES string of the molecule is CCc1ccccc1OCc1ncnn1CC(C)C. The van der Waals surface area contributed by atoms with E-state index in [4.69, 9.17) is 4.74 Å². The van der Waals surface area contributed by atoms with E-state index >= 15 is 0 Å². The van der Waals surface area contributed by atoms with Gasteiger partial charge >= 0.3 is 0 Å². The quantitative estimate of drug-likeness (QED) is 0.800. The summed E-state index contributed by atoms with van der Waals surface area (Å²) in [5.74, 6) is 2.35. The number of nitrogens with zero attached hydrogens (tertiary/aromatic N) is 3. The smallest absolute Gasteiger partial charge is 0.164 e. The maximum absolute atomic E-state index is 5.87. The highest BCUT2D eigenvalue weighted by Crippen LogP contribution is 2.19. The molecule has 2 aromatic rings. The van der Waals surface area contributed by atoms with Gasteiger partial charge in [0.05, 0.1) is 0 Å². The van der Waals surface area contributed by atoms with E-state index in [1.54, 1.807) is 6.33 Å². The molecule has 0 saturated carbocycles. The molecule has 102 valence electrons. The van der Waals surface area contributed by atoms with Gasteiger partial charge in [0.1, 0.15) is 18.7 Å². The molecule has 0 unspecified atom stereocenters. The molecule has 0 fully saturated rings. The molecule has 0 atom stereocenters. The standard InChI is InChI=1S/C15H21N3O/c1-4-13-7-5-6-8-14(13)19-10-15-16-11-17-18(15)9-12(2)3/h5-8,11-12H,4,9-10H2,1-3H3. The zero-order chi connectivity index (χ0) is 13.7. The molecule has 1 aromatic heterocycles. The third-order valence-electron chi connectivity index (χ3n) is 2.94. The number of rotatable bonds is 6. The highest BCUT2D eigenvalue weighted by atomic mass is 16.5. The van der Waals surface area contributed by atoms with Crippen LogP contribution in [-0.2, 0) is 19.6 Å². The Morgan fingerprint density at radius 1 is 1.26 bits per heavy atom. The lowest BCUT2D eigenvalue weighted by atomic mass is 10.1. The van der Waals surface area contributed by atoms with Crippen LogP contribution in [0, 0.1) is 5.92 Å². The Kier molecular flexibility index (Phi) is 4.55. The Morgan fingerprint density at radius 2 is 2.05 bits per heavy atom. The number of benzene rings is 1. The molecule has 4 nitrogen and oxygen atoms in total. The molecular weight excluding hydrogens is 238 g/mol. The van der Waals surface area contributed by atoms with Crippen molar-refractivity contribution in [1.82, 2.24) is 14.8 Å². The first-order chi connectivity index (χ1) is 9.20. The van der Waals surface area contributed by atoms with Gasteiger partial charge in [-0.25, -0.2) is 9.67 Å². The van der Waals surface area contributed by atoms with E-state index < -0.39 is 0 Å². The van der Waals surface area contributed by atoms with Crippen LogP contribution in [0.4, 0.5) is 0 Å². The average Bonchev–Trinajstić information content (AvgIpc) is 2.83. The first kappa shape index (κ1) is 13.6. The maximum atomic E-state index is 5.87. The van der Waals surface area contributed by atoms with Gasteiger partial charge in [-0.05, 0) is 24.0 Å². The van der Waals surface area contributed by atoms with E-state index in [-0.39, 0.29) is 0 Å². The molecule has 1 heterocycles. The first-order valence-electron chi connectivity index (χ1n) is 6.78. The van der Waals surface area contributed by atoms with E-state index in [0.717, 1.165) is 24.5 Å². The molecule has 0 radical (unpaired) electrons. The summed E-state index contributed by atoms with van der Waals surface area (Å²) in [5.41, 5.74) is 1.22. The van der Waals surface area contributed by atoms with Crippen molar-refractivity contribution in [3.63, 3.8) is 0 Å². The van der Waals surface area contributed by atoms with Crippen LogP contribution >= 0.6 is 0 Å². The van der Waals surface area contributed by atoms with Crippen LogP contribution in [0.25, 0.3) is 0 Å². The highest BCUT2D eigenvalue weighted by molar-refractivity contribution is 5.33. The second kappa shape index (κ2) is 6.36. The molecule has 4 heteroatoms. The summed E-state index contributed by atoms with van der Waals surface area (Å²) in [6.07, 6.45) is 2.56. The van der Waals surface area contributed by atoms with Gasteiger partial charge in [0.25, 0.3) is 0 Å². The second-order valence-electron chi connectivity index (χ2n) is 5.00. The Morgan fingerprint density at radius 3 is 2.79 bits per heavy atom. The van der Waals surface area contributed by atoms with Crippen LogP contribution in [-0.4, -0.2) is 14.8 Å². The molecule has 0 aliphatic heterocycles. The summed E-state index contributed by atoms with van der Waals surface area (Å²) in [6, 6.07) is 8.12. The summed E-state index contributed by atoms with van der Waals surface area (Å²) in [5, 5.41) is 4.24. The maximum Gasteiger partial charge on any atom is 0.164 e. The molecule has 0 N–H and O–H groups in total. The van der Waals surface area contributed by atoms with E-state index in [0.29, 0.717) is 12.5 Å². The third kappa shape index (κ3) is 3.56. The third-order valence-corrected chi connectivity index (χ3v) is 2.94. The van der Waals surface area contributed by atoms with Crippen molar-refractivity contribution in [3.05, 3.63) is 42.0 Å². The topological polar surface area (TPSA) is 39.9 Å². The lowest BCUT2D eigenvalue weighted by Crippen LogP contribution is -2.12. The van der Waals surface area contributed by atoms with Gasteiger partial charge in [0.2, 0.25) is 0 Å². The predicted molar refractivity (Wildman–Crippen MR) is 75.0 cm³/mol. The fourth-order valence-corrected chi connectivity index (χ4v) is 1.98. The number of hydrogen-bond acceptors (Lipinski definition) is 3. The number of ether oxygens (including phenoxy) is 1. The summed E-state index contributed by atoms with van der Waals surface area (Å²) in [4.78, 5) is 4.27. The van der Waals surface area contributed by atoms with Crippen molar-refractivity contribution in [2.45, 2.75) is 40.3 Å². The Bertz CT molecular complexity index is 520. The molecule has 0 spiro atoms. The van der Waals surface area contributed by atoms with Gasteiger partial charge in [-0.15, -0.1) is 0 Å². The lowest BCUT2D eigenvalue weighted by Gasteiger charge is -2.11. The lowest BCUT2D eigenvalue weighted by molar-refractivity contribution is 0.280. The van der Waals surface area contributed by atoms with Gasteiger partial charge in [-0.3, -0.25) is 0 Å². The first-order valence-corrected chi connectivity index (χ1v) is 6.78. The largest absolute Gasteiger partial charge is 0.485 e. The molecule has 19 heavy (non-hydrogen) atoms. The van der Waals surface area contributed by atoms with Crippen LogP contribution in [0.3, 0.4) is 0 Å². The monoisotopic (exact) mass is 259 g/mol. The van der Waals surface area contributed by atoms with Crippen LogP contribution < -0.4 is 4.74 Å². The van der Waals surface area contributed by atoms with Gasteiger partial charge in [-0.1, -0.05) is 39.0 Å². The van der Waals surface area contributed by atoms with Crippen LogP contribution in [0.5, 0.6) is 5.75 Å². The number of aryl methyl sites for hydroxylation is 1. The van der Waals surface area contributed by atoms with Crippen molar-refractivity contribution >= 4 is 0 Å².